The van der Waals surface area contributed by atoms with E-state index in [1.165, 1.54) is 4.31 Å². The summed E-state index contributed by atoms with van der Waals surface area (Å²) in [6.45, 7) is 5.48. The van der Waals surface area contributed by atoms with E-state index in [2.05, 4.69) is 5.32 Å². The molecule has 0 saturated carbocycles. The number of sulfonamides is 1. The minimum absolute atomic E-state index is 0.0538. The van der Waals surface area contributed by atoms with Crippen molar-refractivity contribution in [1.82, 2.24) is 9.21 Å². The summed E-state index contributed by atoms with van der Waals surface area (Å²) in [6.07, 6.45) is 2.30. The van der Waals surface area contributed by atoms with Crippen molar-refractivity contribution in [3.63, 3.8) is 0 Å². The number of benzene rings is 1. The smallest absolute Gasteiger partial charge is 0.253 e. The number of anilines is 1. The first-order chi connectivity index (χ1) is 11.8. The van der Waals surface area contributed by atoms with Crippen molar-refractivity contribution < 1.29 is 18.0 Å². The van der Waals surface area contributed by atoms with Crippen molar-refractivity contribution in [2.75, 3.05) is 31.2 Å². The molecule has 1 aliphatic rings. The van der Waals surface area contributed by atoms with Gasteiger partial charge >= 0.3 is 0 Å². The van der Waals surface area contributed by atoms with Crippen LogP contribution in [0.5, 0.6) is 0 Å². The summed E-state index contributed by atoms with van der Waals surface area (Å²) in [6, 6.07) is 5.98. The second-order valence-electron chi connectivity index (χ2n) is 6.08. The number of carbonyl (C=O) groups excluding carboxylic acids is 2. The Balaban J connectivity index is 2.06. The fraction of sp³-hybridized carbons (Fsp3) is 0.529. The number of nitrogens with one attached hydrogen (secondary N) is 1. The highest BCUT2D eigenvalue weighted by molar-refractivity contribution is 7.88. The minimum Gasteiger partial charge on any atom is -0.339 e. The lowest BCUT2D eigenvalue weighted by Gasteiger charge is -2.21. The molecule has 25 heavy (non-hydrogen) atoms. The summed E-state index contributed by atoms with van der Waals surface area (Å²) in [7, 11) is -3.40. The number of hydrogen-bond donors (Lipinski definition) is 1. The van der Waals surface area contributed by atoms with Crippen LogP contribution in [0.3, 0.4) is 0 Å². The highest BCUT2D eigenvalue weighted by atomic mass is 32.2. The summed E-state index contributed by atoms with van der Waals surface area (Å²) in [5.74, 6) is -0.396. The van der Waals surface area contributed by atoms with Crippen LogP contribution in [0.1, 0.15) is 37.0 Å². The van der Waals surface area contributed by atoms with Gasteiger partial charge in [-0.2, -0.15) is 4.31 Å². The molecule has 1 heterocycles. The first kappa shape index (κ1) is 19.4. The molecular weight excluding hydrogens is 342 g/mol. The lowest BCUT2D eigenvalue weighted by molar-refractivity contribution is -0.119. The van der Waals surface area contributed by atoms with E-state index in [1.54, 1.807) is 29.2 Å². The molecule has 0 aromatic heterocycles. The molecule has 0 aliphatic carbocycles. The van der Waals surface area contributed by atoms with Gasteiger partial charge in [-0.25, -0.2) is 8.42 Å². The van der Waals surface area contributed by atoms with E-state index in [9.17, 15) is 18.0 Å². The van der Waals surface area contributed by atoms with E-state index >= 15 is 0 Å². The molecule has 1 unspecified atom stereocenters. The maximum Gasteiger partial charge on any atom is 0.253 e. The molecule has 1 aliphatic heterocycles. The zero-order valence-corrected chi connectivity index (χ0v) is 15.7. The summed E-state index contributed by atoms with van der Waals surface area (Å²) in [5, 5.41) is 2.74. The van der Waals surface area contributed by atoms with Gasteiger partial charge < -0.3 is 10.2 Å². The van der Waals surface area contributed by atoms with Gasteiger partial charge in [0.2, 0.25) is 15.9 Å². The third-order valence-electron chi connectivity index (χ3n) is 4.38. The highest BCUT2D eigenvalue weighted by Gasteiger charge is 2.36. The highest BCUT2D eigenvalue weighted by Crippen LogP contribution is 2.22. The van der Waals surface area contributed by atoms with Gasteiger partial charge in [0.1, 0.15) is 6.04 Å². The predicted octanol–water partition coefficient (Wildman–Crippen LogP) is 1.53. The Morgan fingerprint density at radius 2 is 1.80 bits per heavy atom. The van der Waals surface area contributed by atoms with Crippen LogP contribution in [0.15, 0.2) is 24.3 Å². The second kappa shape index (κ2) is 7.97. The Kier molecular flexibility index (Phi) is 6.18. The maximum atomic E-state index is 12.4. The van der Waals surface area contributed by atoms with Crippen LogP contribution >= 0.6 is 0 Å². The van der Waals surface area contributed by atoms with E-state index < -0.39 is 16.1 Å². The first-order valence-corrected chi connectivity index (χ1v) is 10.3. The third kappa shape index (κ3) is 4.58. The second-order valence-corrected chi connectivity index (χ2v) is 8.01. The number of carbonyl (C=O) groups is 2. The zero-order valence-electron chi connectivity index (χ0n) is 14.9. The Morgan fingerprint density at radius 3 is 2.32 bits per heavy atom. The van der Waals surface area contributed by atoms with E-state index in [4.69, 9.17) is 0 Å². The Labute approximate surface area is 149 Å². The molecule has 8 heteroatoms. The fourth-order valence-electron chi connectivity index (χ4n) is 3.01. The standard InChI is InChI=1S/C17H25N3O4S/c1-4-19(5-2)17(22)13-8-10-14(11-9-13)18-16(21)15-7-6-12-20(15)25(3,23)24/h8-11,15H,4-7,12H2,1-3H3,(H,18,21). The van der Waals surface area contributed by atoms with Crippen molar-refractivity contribution in [2.45, 2.75) is 32.7 Å². The van der Waals surface area contributed by atoms with Crippen LogP contribution in [-0.4, -0.2) is 61.4 Å². The van der Waals surface area contributed by atoms with Crippen LogP contribution in [0.4, 0.5) is 5.69 Å². The van der Waals surface area contributed by atoms with Gasteiger partial charge in [-0.15, -0.1) is 0 Å². The molecule has 1 aromatic carbocycles. The van der Waals surface area contributed by atoms with Crippen LogP contribution in [0.2, 0.25) is 0 Å². The minimum atomic E-state index is -3.40. The molecule has 0 spiro atoms. The van der Waals surface area contributed by atoms with Gasteiger partial charge in [0.15, 0.2) is 0 Å². The lowest BCUT2D eigenvalue weighted by Crippen LogP contribution is -2.42. The molecule has 2 rings (SSSR count). The van der Waals surface area contributed by atoms with Crippen LogP contribution in [0.25, 0.3) is 0 Å². The molecule has 1 atom stereocenters. The normalized spacial score (nSPS) is 18.1. The number of rotatable bonds is 6. The molecule has 138 valence electrons. The lowest BCUT2D eigenvalue weighted by atomic mass is 10.1. The molecule has 2 amide bonds. The van der Waals surface area contributed by atoms with E-state index in [1.807, 2.05) is 13.8 Å². The zero-order chi connectivity index (χ0) is 18.6. The van der Waals surface area contributed by atoms with Gasteiger partial charge in [-0.1, -0.05) is 0 Å². The number of nitrogens with zero attached hydrogens (tertiary/aromatic N) is 2. The van der Waals surface area contributed by atoms with Gasteiger partial charge in [0.25, 0.3) is 5.91 Å². The topological polar surface area (TPSA) is 86.8 Å². The van der Waals surface area contributed by atoms with E-state index in [0.717, 1.165) is 6.26 Å². The Bertz CT molecular complexity index is 727. The average Bonchev–Trinajstić information content (AvgIpc) is 3.06. The summed E-state index contributed by atoms with van der Waals surface area (Å²) in [5.41, 5.74) is 1.10. The number of amides is 2. The molecular formula is C17H25N3O4S. The Morgan fingerprint density at radius 1 is 1.20 bits per heavy atom. The van der Waals surface area contributed by atoms with E-state index in [-0.39, 0.29) is 11.8 Å². The summed E-state index contributed by atoms with van der Waals surface area (Å²) < 4.78 is 24.7. The summed E-state index contributed by atoms with van der Waals surface area (Å²) in [4.78, 5) is 26.4. The van der Waals surface area contributed by atoms with Crippen LogP contribution in [-0.2, 0) is 14.8 Å². The molecule has 1 saturated heterocycles. The third-order valence-corrected chi connectivity index (χ3v) is 5.67. The van der Waals surface area contributed by atoms with Crippen LogP contribution < -0.4 is 5.32 Å². The largest absolute Gasteiger partial charge is 0.339 e. The molecule has 1 N–H and O–H groups in total. The van der Waals surface area contributed by atoms with E-state index in [0.29, 0.717) is 43.7 Å². The maximum absolute atomic E-state index is 12.4. The van der Waals surface area contributed by atoms with Gasteiger partial charge in [0, 0.05) is 30.9 Å². The molecule has 0 bridgehead atoms. The van der Waals surface area contributed by atoms with Gasteiger partial charge in [0.05, 0.1) is 6.26 Å². The average molecular weight is 367 g/mol. The monoisotopic (exact) mass is 367 g/mol. The van der Waals surface area contributed by atoms with Crippen molar-refractivity contribution in [2.24, 2.45) is 0 Å². The van der Waals surface area contributed by atoms with Gasteiger partial charge in [-0.05, 0) is 51.0 Å². The Hall–Kier alpha value is -1.93. The van der Waals surface area contributed by atoms with Crippen molar-refractivity contribution in [1.29, 1.82) is 0 Å². The first-order valence-electron chi connectivity index (χ1n) is 8.45. The van der Waals surface area contributed by atoms with Crippen molar-refractivity contribution in [3.8, 4) is 0 Å². The van der Waals surface area contributed by atoms with Crippen molar-refractivity contribution in [3.05, 3.63) is 29.8 Å². The fourth-order valence-corrected chi connectivity index (χ4v) is 4.14. The predicted molar refractivity (Wildman–Crippen MR) is 96.9 cm³/mol. The molecule has 1 aromatic rings. The van der Waals surface area contributed by atoms with Gasteiger partial charge in [-0.3, -0.25) is 9.59 Å². The summed E-state index contributed by atoms with van der Waals surface area (Å²) >= 11 is 0. The molecule has 1 fully saturated rings. The molecule has 7 nitrogen and oxygen atoms in total. The quantitative estimate of drug-likeness (QED) is 0.826. The van der Waals surface area contributed by atoms with Crippen LogP contribution in [0, 0.1) is 0 Å². The van der Waals surface area contributed by atoms with Crippen molar-refractivity contribution >= 4 is 27.5 Å². The molecule has 0 radical (unpaired) electrons. The number of hydrogen-bond acceptors (Lipinski definition) is 4. The SMILES string of the molecule is CCN(CC)C(=O)c1ccc(NC(=O)C2CCCN2S(C)(=O)=O)cc1.